The minimum absolute atomic E-state index is 0.0447. The first-order valence-electron chi connectivity index (χ1n) is 12.2. The molecule has 0 aliphatic carbocycles. The maximum Gasteiger partial charge on any atom is 0.326 e. The van der Waals surface area contributed by atoms with Gasteiger partial charge < -0.3 is 48.5 Å². The molecule has 0 fully saturated rings. The van der Waals surface area contributed by atoms with Gasteiger partial charge in [-0.2, -0.15) is 0 Å². The molecule has 0 aliphatic heterocycles. The highest BCUT2D eigenvalue weighted by atomic mass is 16.4. The van der Waals surface area contributed by atoms with Crippen molar-refractivity contribution in [3.63, 3.8) is 0 Å². The molecular formula is C24H35N7O9. The summed E-state index contributed by atoms with van der Waals surface area (Å²) in [6.07, 6.45) is -1.53. The SMILES string of the molecule is NC(N)=NCCCC(NC(=O)C(Cc1ccccc1)NC(=O)C(N)CC(=O)O)C(=O)NC(CCC(=O)O)C(=O)O. The van der Waals surface area contributed by atoms with Crippen LogP contribution < -0.4 is 33.2 Å². The summed E-state index contributed by atoms with van der Waals surface area (Å²) in [5.74, 6) is -6.91. The molecule has 16 nitrogen and oxygen atoms in total. The Morgan fingerprint density at radius 1 is 0.775 bits per heavy atom. The van der Waals surface area contributed by atoms with E-state index in [1.165, 1.54) is 0 Å². The van der Waals surface area contributed by atoms with Gasteiger partial charge in [0.25, 0.3) is 0 Å². The second-order valence-corrected chi connectivity index (χ2v) is 8.80. The van der Waals surface area contributed by atoms with Crippen LogP contribution in [0.5, 0.6) is 0 Å². The summed E-state index contributed by atoms with van der Waals surface area (Å²) in [5, 5.41) is 34.3. The molecule has 40 heavy (non-hydrogen) atoms. The number of guanidine groups is 1. The topological polar surface area (TPSA) is 290 Å². The van der Waals surface area contributed by atoms with E-state index in [0.29, 0.717) is 5.56 Å². The molecule has 0 aromatic heterocycles. The van der Waals surface area contributed by atoms with Gasteiger partial charge in [-0.25, -0.2) is 4.79 Å². The number of nitrogens with two attached hydrogens (primary N) is 3. The number of carboxylic acid groups (broad SMARTS) is 3. The number of carbonyl (C=O) groups is 6. The van der Waals surface area contributed by atoms with Crippen molar-refractivity contribution in [2.45, 2.75) is 62.7 Å². The van der Waals surface area contributed by atoms with Crippen molar-refractivity contribution in [1.82, 2.24) is 16.0 Å². The number of hydrogen-bond donors (Lipinski definition) is 9. The van der Waals surface area contributed by atoms with Gasteiger partial charge >= 0.3 is 17.9 Å². The molecule has 0 radical (unpaired) electrons. The number of hydrogen-bond acceptors (Lipinski definition) is 8. The van der Waals surface area contributed by atoms with Crippen molar-refractivity contribution in [1.29, 1.82) is 0 Å². The molecule has 0 aliphatic rings. The van der Waals surface area contributed by atoms with Crippen molar-refractivity contribution in [3.8, 4) is 0 Å². The van der Waals surface area contributed by atoms with Crippen molar-refractivity contribution >= 4 is 41.6 Å². The van der Waals surface area contributed by atoms with E-state index in [9.17, 15) is 33.9 Å². The van der Waals surface area contributed by atoms with Crippen molar-refractivity contribution in [2.24, 2.45) is 22.2 Å². The van der Waals surface area contributed by atoms with Crippen LogP contribution in [0.4, 0.5) is 0 Å². The van der Waals surface area contributed by atoms with Crippen LogP contribution in [0.25, 0.3) is 0 Å². The summed E-state index contributed by atoms with van der Waals surface area (Å²) in [4.78, 5) is 76.0. The van der Waals surface area contributed by atoms with E-state index in [0.717, 1.165) is 0 Å². The molecule has 1 aromatic rings. The van der Waals surface area contributed by atoms with Gasteiger partial charge in [0, 0.05) is 19.4 Å². The molecule has 0 heterocycles. The fraction of sp³-hybridized carbons (Fsp3) is 0.458. The summed E-state index contributed by atoms with van der Waals surface area (Å²) in [7, 11) is 0. The van der Waals surface area contributed by atoms with Gasteiger partial charge in [0.2, 0.25) is 17.7 Å². The zero-order valence-corrected chi connectivity index (χ0v) is 21.6. The van der Waals surface area contributed by atoms with E-state index < -0.39 is 79.1 Å². The number of benzene rings is 1. The van der Waals surface area contributed by atoms with E-state index in [4.69, 9.17) is 27.4 Å². The number of aliphatic carboxylic acids is 3. The van der Waals surface area contributed by atoms with Crippen LogP contribution in [0.3, 0.4) is 0 Å². The first-order valence-corrected chi connectivity index (χ1v) is 12.2. The lowest BCUT2D eigenvalue weighted by atomic mass is 10.0. The second-order valence-electron chi connectivity index (χ2n) is 8.80. The molecule has 1 aromatic carbocycles. The first-order chi connectivity index (χ1) is 18.8. The van der Waals surface area contributed by atoms with Crippen LogP contribution >= 0.6 is 0 Å². The average Bonchev–Trinajstić information content (AvgIpc) is 2.87. The third-order valence-electron chi connectivity index (χ3n) is 5.49. The first kappa shape index (κ1) is 33.3. The lowest BCUT2D eigenvalue weighted by molar-refractivity contribution is -0.143. The monoisotopic (exact) mass is 565 g/mol. The lowest BCUT2D eigenvalue weighted by Crippen LogP contribution is -2.57. The van der Waals surface area contributed by atoms with Gasteiger partial charge in [0.1, 0.15) is 18.1 Å². The predicted octanol–water partition coefficient (Wildman–Crippen LogP) is -2.51. The Balaban J connectivity index is 3.16. The number of rotatable bonds is 18. The Labute approximate surface area is 229 Å². The van der Waals surface area contributed by atoms with Gasteiger partial charge in [0.15, 0.2) is 5.96 Å². The third kappa shape index (κ3) is 13.2. The largest absolute Gasteiger partial charge is 0.481 e. The highest BCUT2D eigenvalue weighted by Gasteiger charge is 2.31. The molecule has 3 amide bonds. The maximum absolute atomic E-state index is 13.3. The summed E-state index contributed by atoms with van der Waals surface area (Å²) in [6.45, 7) is 0.0809. The maximum atomic E-state index is 13.3. The van der Waals surface area contributed by atoms with E-state index >= 15 is 0 Å². The van der Waals surface area contributed by atoms with Crippen molar-refractivity contribution in [2.75, 3.05) is 6.54 Å². The highest BCUT2D eigenvalue weighted by molar-refractivity contribution is 5.95. The summed E-state index contributed by atoms with van der Waals surface area (Å²) in [5.41, 5.74) is 16.9. The fourth-order valence-electron chi connectivity index (χ4n) is 3.46. The van der Waals surface area contributed by atoms with Crippen molar-refractivity contribution in [3.05, 3.63) is 35.9 Å². The minimum Gasteiger partial charge on any atom is -0.481 e. The predicted molar refractivity (Wildman–Crippen MR) is 141 cm³/mol. The fourth-order valence-corrected chi connectivity index (χ4v) is 3.46. The van der Waals surface area contributed by atoms with E-state index in [1.54, 1.807) is 30.3 Å². The van der Waals surface area contributed by atoms with E-state index in [-0.39, 0.29) is 31.8 Å². The number of amides is 3. The van der Waals surface area contributed by atoms with E-state index in [2.05, 4.69) is 20.9 Å². The quantitative estimate of drug-likeness (QED) is 0.0506. The van der Waals surface area contributed by atoms with Crippen LogP contribution in [0, 0.1) is 0 Å². The molecule has 0 saturated carbocycles. The number of nitrogens with zero attached hydrogens (tertiary/aromatic N) is 1. The number of nitrogens with one attached hydrogen (secondary N) is 3. The molecular weight excluding hydrogens is 530 g/mol. The zero-order valence-electron chi connectivity index (χ0n) is 21.6. The minimum atomic E-state index is -1.55. The molecule has 4 atom stereocenters. The molecule has 1 rings (SSSR count). The van der Waals surface area contributed by atoms with Gasteiger partial charge in [-0.05, 0) is 24.8 Å². The number of aliphatic imine (C=N–C) groups is 1. The van der Waals surface area contributed by atoms with Gasteiger partial charge in [-0.15, -0.1) is 0 Å². The van der Waals surface area contributed by atoms with Crippen LogP contribution in [-0.4, -0.2) is 87.6 Å². The smallest absolute Gasteiger partial charge is 0.326 e. The summed E-state index contributed by atoms with van der Waals surface area (Å²) in [6, 6.07) is 2.89. The molecule has 16 heteroatoms. The Morgan fingerprint density at radius 3 is 1.90 bits per heavy atom. The standard InChI is InChI=1S/C24H35N7O9/c25-14(12-19(34)35)20(36)31-17(11-13-5-2-1-3-6-13)22(38)29-15(7-4-10-28-24(26)27)21(37)30-16(23(39)40)8-9-18(32)33/h1-3,5-6,14-17H,4,7-12,25H2,(H,29,38)(H,30,37)(H,31,36)(H,32,33)(H,34,35)(H,39,40)(H4,26,27,28). The van der Waals surface area contributed by atoms with Gasteiger partial charge in [0.05, 0.1) is 12.5 Å². The van der Waals surface area contributed by atoms with Gasteiger partial charge in [-0.3, -0.25) is 29.0 Å². The molecule has 4 unspecified atom stereocenters. The molecule has 220 valence electrons. The van der Waals surface area contributed by atoms with Crippen LogP contribution in [0.15, 0.2) is 35.3 Å². The van der Waals surface area contributed by atoms with Gasteiger partial charge in [-0.1, -0.05) is 30.3 Å². The van der Waals surface area contributed by atoms with E-state index in [1.807, 2.05) is 0 Å². The normalized spacial score (nSPS) is 13.5. The third-order valence-corrected chi connectivity index (χ3v) is 5.49. The number of carbonyl (C=O) groups excluding carboxylic acids is 3. The molecule has 0 bridgehead atoms. The summed E-state index contributed by atoms with van der Waals surface area (Å²) < 4.78 is 0. The van der Waals surface area contributed by atoms with Crippen LogP contribution in [-0.2, 0) is 35.2 Å². The lowest BCUT2D eigenvalue weighted by Gasteiger charge is -2.25. The molecule has 12 N–H and O–H groups in total. The van der Waals surface area contributed by atoms with Crippen LogP contribution in [0.2, 0.25) is 0 Å². The Bertz CT molecular complexity index is 1080. The van der Waals surface area contributed by atoms with Crippen LogP contribution in [0.1, 0.15) is 37.7 Å². The average molecular weight is 566 g/mol. The summed E-state index contributed by atoms with van der Waals surface area (Å²) >= 11 is 0. The zero-order chi connectivity index (χ0) is 30.2. The Kier molecular flexibility index (Phi) is 14.1. The second kappa shape index (κ2) is 17.0. The molecule has 0 saturated heterocycles. The highest BCUT2D eigenvalue weighted by Crippen LogP contribution is 2.08. The Morgan fingerprint density at radius 2 is 1.35 bits per heavy atom. The molecule has 0 spiro atoms. The van der Waals surface area contributed by atoms with Crippen molar-refractivity contribution < 1.29 is 44.1 Å². The number of carboxylic acids is 3. The Hall–Kier alpha value is -4.73.